The Morgan fingerprint density at radius 2 is 2.00 bits per heavy atom. The molecule has 1 aromatic heterocycles. The molecule has 4 rings (SSSR count). The minimum Gasteiger partial charge on any atom is -0.326 e. The number of aromatic nitrogens is 1. The predicted octanol–water partition coefficient (Wildman–Crippen LogP) is 5.18. The van der Waals surface area contributed by atoms with Crippen molar-refractivity contribution in [2.45, 2.75) is 19.8 Å². The number of hydrogen-bond donors (Lipinski definition) is 1. The molecule has 0 unspecified atom stereocenters. The number of benzene rings is 2. The molecule has 0 aliphatic heterocycles. The van der Waals surface area contributed by atoms with Gasteiger partial charge in [-0.1, -0.05) is 54.4 Å². The van der Waals surface area contributed by atoms with Crippen LogP contribution in [0.4, 0.5) is 5.69 Å². The van der Waals surface area contributed by atoms with Crippen LogP contribution in [-0.4, -0.2) is 10.9 Å². The van der Waals surface area contributed by atoms with Crippen LogP contribution in [0.5, 0.6) is 0 Å². The number of nitrogens with zero attached hydrogens (tertiary/aromatic N) is 1. The number of aryl methyl sites for hydroxylation is 1. The number of hydrogen-bond acceptors (Lipinski definition) is 2. The number of carbonyl (C=O) groups is 1. The van der Waals surface area contributed by atoms with E-state index in [1.54, 1.807) is 12.4 Å². The summed E-state index contributed by atoms with van der Waals surface area (Å²) < 4.78 is 0. The Kier molecular flexibility index (Phi) is 3.97. The van der Waals surface area contributed by atoms with Crippen LogP contribution >= 0.6 is 11.6 Å². The first-order valence-electron chi connectivity index (χ1n) is 8.45. The van der Waals surface area contributed by atoms with E-state index < -0.39 is 0 Å². The van der Waals surface area contributed by atoms with E-state index in [4.69, 9.17) is 11.6 Å². The van der Waals surface area contributed by atoms with Crippen molar-refractivity contribution < 1.29 is 4.79 Å². The summed E-state index contributed by atoms with van der Waals surface area (Å²) in [5, 5.41) is 5.50. The molecular formula is C21H19ClN2O. The predicted molar refractivity (Wildman–Crippen MR) is 102 cm³/mol. The summed E-state index contributed by atoms with van der Waals surface area (Å²) in [5.74, 6) is 0.747. The highest BCUT2D eigenvalue weighted by molar-refractivity contribution is 6.35. The molecule has 0 spiro atoms. The summed E-state index contributed by atoms with van der Waals surface area (Å²) in [6, 6.07) is 14.2. The lowest BCUT2D eigenvalue weighted by molar-refractivity contribution is -0.117. The van der Waals surface area contributed by atoms with Gasteiger partial charge in [-0.05, 0) is 36.5 Å². The molecule has 1 aliphatic carbocycles. The van der Waals surface area contributed by atoms with Gasteiger partial charge in [-0.3, -0.25) is 9.78 Å². The zero-order valence-corrected chi connectivity index (χ0v) is 14.9. The number of nitrogens with one attached hydrogen (secondary N) is 1. The first-order chi connectivity index (χ1) is 12.0. The SMILES string of the molecule is Cc1cccc([C@@H]2[C@@H](C)[C@H]2C(=O)Nc2ccc3cncc(Cl)c3c2)c1. The second-order valence-corrected chi connectivity index (χ2v) is 7.28. The van der Waals surface area contributed by atoms with Gasteiger partial charge in [0.15, 0.2) is 0 Å². The van der Waals surface area contributed by atoms with E-state index >= 15 is 0 Å². The highest BCUT2D eigenvalue weighted by Gasteiger charge is 2.52. The molecule has 1 aliphatic rings. The molecule has 0 bridgehead atoms. The van der Waals surface area contributed by atoms with Crippen LogP contribution in [0.3, 0.4) is 0 Å². The third-order valence-corrected chi connectivity index (χ3v) is 5.39. The molecular weight excluding hydrogens is 332 g/mol. The smallest absolute Gasteiger partial charge is 0.228 e. The van der Waals surface area contributed by atoms with Crippen LogP contribution in [0.2, 0.25) is 5.02 Å². The minimum atomic E-state index is 0.0189. The maximum absolute atomic E-state index is 12.7. The first kappa shape index (κ1) is 16.1. The van der Waals surface area contributed by atoms with Crippen molar-refractivity contribution in [3.05, 3.63) is 71.0 Å². The molecule has 1 saturated carbocycles. The summed E-state index contributed by atoms with van der Waals surface area (Å²) in [4.78, 5) is 16.8. The average Bonchev–Trinajstić information content (AvgIpc) is 3.27. The van der Waals surface area contributed by atoms with Gasteiger partial charge in [-0.15, -0.1) is 0 Å². The van der Waals surface area contributed by atoms with Crippen LogP contribution in [0.25, 0.3) is 10.8 Å². The van der Waals surface area contributed by atoms with Gasteiger partial charge in [0.25, 0.3) is 0 Å². The Labute approximate surface area is 152 Å². The Bertz CT molecular complexity index is 969. The van der Waals surface area contributed by atoms with E-state index in [0.717, 1.165) is 16.5 Å². The molecule has 1 N–H and O–H groups in total. The highest BCUT2D eigenvalue weighted by atomic mass is 35.5. The number of halogens is 1. The van der Waals surface area contributed by atoms with E-state index in [-0.39, 0.29) is 11.8 Å². The van der Waals surface area contributed by atoms with Crippen LogP contribution in [-0.2, 0) is 4.79 Å². The molecule has 25 heavy (non-hydrogen) atoms. The largest absolute Gasteiger partial charge is 0.326 e. The molecule has 1 amide bonds. The van der Waals surface area contributed by atoms with E-state index in [1.165, 1.54) is 11.1 Å². The molecule has 1 fully saturated rings. The monoisotopic (exact) mass is 350 g/mol. The van der Waals surface area contributed by atoms with Crippen LogP contribution in [0.1, 0.15) is 24.0 Å². The maximum atomic E-state index is 12.7. The van der Waals surface area contributed by atoms with Crippen molar-refractivity contribution in [1.82, 2.24) is 4.98 Å². The van der Waals surface area contributed by atoms with E-state index in [9.17, 15) is 4.79 Å². The van der Waals surface area contributed by atoms with Crippen molar-refractivity contribution in [2.24, 2.45) is 11.8 Å². The summed E-state index contributed by atoms with van der Waals surface area (Å²) in [5.41, 5.74) is 3.25. The third kappa shape index (κ3) is 3.00. The number of anilines is 1. The van der Waals surface area contributed by atoms with Gasteiger partial charge in [-0.2, -0.15) is 0 Å². The lowest BCUT2D eigenvalue weighted by Crippen LogP contribution is -2.15. The number of amides is 1. The average molecular weight is 351 g/mol. The Morgan fingerprint density at radius 1 is 1.16 bits per heavy atom. The number of rotatable bonds is 3. The third-order valence-electron chi connectivity index (χ3n) is 5.09. The lowest BCUT2D eigenvalue weighted by Gasteiger charge is -2.07. The zero-order chi connectivity index (χ0) is 17.6. The van der Waals surface area contributed by atoms with E-state index in [0.29, 0.717) is 16.9 Å². The van der Waals surface area contributed by atoms with Gasteiger partial charge in [0.05, 0.1) is 5.02 Å². The molecule has 3 aromatic rings. The fraction of sp³-hybridized carbons (Fsp3) is 0.238. The summed E-state index contributed by atoms with van der Waals surface area (Å²) in [7, 11) is 0. The molecule has 3 nitrogen and oxygen atoms in total. The van der Waals surface area contributed by atoms with Gasteiger partial charge >= 0.3 is 0 Å². The van der Waals surface area contributed by atoms with E-state index in [1.807, 2.05) is 18.2 Å². The number of pyridine rings is 1. The highest BCUT2D eigenvalue weighted by Crippen LogP contribution is 2.54. The van der Waals surface area contributed by atoms with Crippen LogP contribution < -0.4 is 5.32 Å². The first-order valence-corrected chi connectivity index (χ1v) is 8.83. The standard InChI is InChI=1S/C21H19ClN2O/c1-12-4-3-5-14(8-12)19-13(2)20(19)21(25)24-16-7-6-15-10-23-11-18(22)17(15)9-16/h3-11,13,19-20H,1-2H3,(H,24,25)/t13-,19+,20-/m1/s1. The quantitative estimate of drug-likeness (QED) is 0.706. The lowest BCUT2D eigenvalue weighted by atomic mass is 10.1. The Hall–Kier alpha value is -2.39. The molecule has 0 saturated heterocycles. The second kappa shape index (κ2) is 6.16. The van der Waals surface area contributed by atoms with Gasteiger partial charge in [0.2, 0.25) is 5.91 Å². The molecule has 4 heteroatoms. The summed E-state index contributed by atoms with van der Waals surface area (Å²) in [6.45, 7) is 4.22. The van der Waals surface area contributed by atoms with Gasteiger partial charge < -0.3 is 5.32 Å². The van der Waals surface area contributed by atoms with Crippen molar-refractivity contribution in [1.29, 1.82) is 0 Å². The maximum Gasteiger partial charge on any atom is 0.228 e. The minimum absolute atomic E-state index is 0.0189. The second-order valence-electron chi connectivity index (χ2n) is 6.87. The van der Waals surface area contributed by atoms with Crippen molar-refractivity contribution in [3.8, 4) is 0 Å². The summed E-state index contributed by atoms with van der Waals surface area (Å²) >= 11 is 6.21. The molecule has 2 aromatic carbocycles. The number of fused-ring (bicyclic) bond motifs is 1. The normalized spacial score (nSPS) is 22.0. The van der Waals surface area contributed by atoms with Crippen LogP contribution in [0, 0.1) is 18.8 Å². The molecule has 126 valence electrons. The van der Waals surface area contributed by atoms with Crippen molar-refractivity contribution in [2.75, 3.05) is 5.32 Å². The summed E-state index contributed by atoms with van der Waals surface area (Å²) in [6.07, 6.45) is 3.38. The molecule has 3 atom stereocenters. The molecule has 0 radical (unpaired) electrons. The Morgan fingerprint density at radius 3 is 2.80 bits per heavy atom. The topological polar surface area (TPSA) is 42.0 Å². The fourth-order valence-electron chi connectivity index (χ4n) is 3.68. The van der Waals surface area contributed by atoms with Gasteiger partial charge in [-0.25, -0.2) is 0 Å². The zero-order valence-electron chi connectivity index (χ0n) is 14.2. The van der Waals surface area contributed by atoms with Gasteiger partial charge in [0, 0.05) is 34.8 Å². The van der Waals surface area contributed by atoms with Crippen molar-refractivity contribution >= 4 is 34.0 Å². The van der Waals surface area contributed by atoms with Crippen molar-refractivity contribution in [3.63, 3.8) is 0 Å². The fourth-order valence-corrected chi connectivity index (χ4v) is 3.90. The Balaban J connectivity index is 1.54. The van der Waals surface area contributed by atoms with Crippen LogP contribution in [0.15, 0.2) is 54.9 Å². The number of carbonyl (C=O) groups excluding carboxylic acids is 1. The van der Waals surface area contributed by atoms with Gasteiger partial charge in [0.1, 0.15) is 0 Å². The van der Waals surface area contributed by atoms with E-state index in [2.05, 4.69) is 48.4 Å². The molecule has 1 heterocycles.